The molecule has 0 spiro atoms. The largest absolute Gasteiger partial charge is 0.506 e. The fourth-order valence-corrected chi connectivity index (χ4v) is 2.97. The highest BCUT2D eigenvalue weighted by atomic mass is 35.5. The van der Waals surface area contributed by atoms with Gasteiger partial charge in [-0.1, -0.05) is 17.2 Å². The number of phenolic OH excluding ortho intramolecular Hbond substituents is 1. The van der Waals surface area contributed by atoms with Crippen molar-refractivity contribution in [3.8, 4) is 11.5 Å². The second-order valence-electron chi connectivity index (χ2n) is 5.47. The van der Waals surface area contributed by atoms with Crippen LogP contribution in [0.25, 0.3) is 0 Å². The molecule has 1 aromatic rings. The highest BCUT2D eigenvalue weighted by molar-refractivity contribution is 6.32. The average Bonchev–Trinajstić information content (AvgIpc) is 2.48. The van der Waals surface area contributed by atoms with Gasteiger partial charge in [-0.15, -0.1) is 31.4 Å². The summed E-state index contributed by atoms with van der Waals surface area (Å²) in [6, 6.07) is 3.50. The van der Waals surface area contributed by atoms with Crippen molar-refractivity contribution in [2.75, 3.05) is 33.3 Å². The second-order valence-corrected chi connectivity index (χ2v) is 5.88. The van der Waals surface area contributed by atoms with Crippen molar-refractivity contribution in [2.24, 2.45) is 0 Å². The maximum absolute atomic E-state index is 10.4. The van der Waals surface area contributed by atoms with E-state index in [4.69, 9.17) is 16.3 Å². The van der Waals surface area contributed by atoms with E-state index in [9.17, 15) is 5.11 Å². The van der Waals surface area contributed by atoms with Gasteiger partial charge in [-0.3, -0.25) is 4.90 Å². The number of ether oxygens (including phenoxy) is 1. The van der Waals surface area contributed by atoms with Crippen LogP contribution in [0, 0.1) is 0 Å². The summed E-state index contributed by atoms with van der Waals surface area (Å²) < 4.78 is 5.44. The SMILES string of the molecule is C=C(C)C[C@@H](c1c(OC)ccc(Cl)c1O)N1CCNCC1.Cl.Cl. The Morgan fingerprint density at radius 3 is 2.52 bits per heavy atom. The van der Waals surface area contributed by atoms with Gasteiger partial charge in [0.05, 0.1) is 17.7 Å². The number of benzene rings is 1. The summed E-state index contributed by atoms with van der Waals surface area (Å²) in [4.78, 5) is 2.35. The molecule has 0 unspecified atom stereocenters. The zero-order chi connectivity index (χ0) is 15.4. The number of aromatic hydroxyl groups is 1. The number of phenols is 1. The van der Waals surface area contributed by atoms with E-state index in [0.717, 1.165) is 43.7 Å². The molecule has 2 rings (SSSR count). The number of methoxy groups -OCH3 is 1. The standard InChI is InChI=1S/C16H23ClN2O2.2ClH/c1-11(2)10-13(19-8-6-18-7-9-19)15-14(21-3)5-4-12(17)16(15)20;;/h4-5,13,18,20H,1,6-10H2,2-3H3;2*1H/t13-;;/m0../s1. The third-order valence-electron chi connectivity index (χ3n) is 3.82. The van der Waals surface area contributed by atoms with E-state index in [-0.39, 0.29) is 36.6 Å². The summed E-state index contributed by atoms with van der Waals surface area (Å²) in [6.07, 6.45) is 0.768. The molecule has 4 nitrogen and oxygen atoms in total. The van der Waals surface area contributed by atoms with Crippen molar-refractivity contribution in [1.29, 1.82) is 0 Å². The first-order valence-electron chi connectivity index (χ1n) is 7.19. The maximum atomic E-state index is 10.4. The zero-order valence-corrected chi connectivity index (χ0v) is 15.9. The highest BCUT2D eigenvalue weighted by Gasteiger charge is 2.28. The predicted molar refractivity (Wildman–Crippen MR) is 101 cm³/mol. The molecule has 23 heavy (non-hydrogen) atoms. The van der Waals surface area contributed by atoms with Gasteiger partial charge in [0.1, 0.15) is 11.5 Å². The average molecular weight is 384 g/mol. The fourth-order valence-electron chi connectivity index (χ4n) is 2.80. The molecule has 1 aliphatic heterocycles. The third kappa shape index (κ3) is 5.44. The van der Waals surface area contributed by atoms with Gasteiger partial charge in [0.25, 0.3) is 0 Å². The van der Waals surface area contributed by atoms with Gasteiger partial charge in [0, 0.05) is 32.2 Å². The summed E-state index contributed by atoms with van der Waals surface area (Å²) >= 11 is 6.10. The van der Waals surface area contributed by atoms with Crippen LogP contribution in [0.5, 0.6) is 11.5 Å². The summed E-state index contributed by atoms with van der Waals surface area (Å²) in [5.41, 5.74) is 1.83. The van der Waals surface area contributed by atoms with Crippen LogP contribution in [0.2, 0.25) is 5.02 Å². The van der Waals surface area contributed by atoms with Crippen LogP contribution in [-0.2, 0) is 0 Å². The molecule has 0 bridgehead atoms. The molecule has 0 radical (unpaired) electrons. The minimum Gasteiger partial charge on any atom is -0.506 e. The Kier molecular flexibility index (Phi) is 9.97. The van der Waals surface area contributed by atoms with Gasteiger partial charge in [0.2, 0.25) is 0 Å². The molecule has 1 atom stereocenters. The lowest BCUT2D eigenvalue weighted by atomic mass is 9.96. The van der Waals surface area contributed by atoms with Gasteiger partial charge in [-0.25, -0.2) is 0 Å². The lowest BCUT2D eigenvalue weighted by Gasteiger charge is -2.36. The number of piperazine rings is 1. The zero-order valence-electron chi connectivity index (χ0n) is 13.5. The second kappa shape index (κ2) is 10.3. The molecule has 0 aliphatic carbocycles. The van der Waals surface area contributed by atoms with E-state index in [1.54, 1.807) is 13.2 Å². The van der Waals surface area contributed by atoms with E-state index in [2.05, 4.69) is 16.8 Å². The van der Waals surface area contributed by atoms with Crippen LogP contribution in [0.4, 0.5) is 0 Å². The van der Waals surface area contributed by atoms with Gasteiger partial charge in [0.15, 0.2) is 0 Å². The Hall–Kier alpha value is -0.650. The van der Waals surface area contributed by atoms with Gasteiger partial charge >= 0.3 is 0 Å². The maximum Gasteiger partial charge on any atom is 0.142 e. The smallest absolute Gasteiger partial charge is 0.142 e. The van der Waals surface area contributed by atoms with Crippen molar-refractivity contribution >= 4 is 36.4 Å². The Morgan fingerprint density at radius 1 is 1.39 bits per heavy atom. The quantitative estimate of drug-likeness (QED) is 0.759. The fraction of sp³-hybridized carbons (Fsp3) is 0.500. The Morgan fingerprint density at radius 2 is 2.00 bits per heavy atom. The summed E-state index contributed by atoms with van der Waals surface area (Å²) in [5, 5.41) is 14.1. The number of rotatable bonds is 5. The summed E-state index contributed by atoms with van der Waals surface area (Å²) in [6.45, 7) is 9.76. The molecule has 1 fully saturated rings. The van der Waals surface area contributed by atoms with Crippen LogP contribution >= 0.6 is 36.4 Å². The number of halogens is 3. The molecule has 132 valence electrons. The van der Waals surface area contributed by atoms with E-state index in [0.29, 0.717) is 10.8 Å². The van der Waals surface area contributed by atoms with Crippen LogP contribution in [0.3, 0.4) is 0 Å². The topological polar surface area (TPSA) is 44.7 Å². The lowest BCUT2D eigenvalue weighted by molar-refractivity contribution is 0.167. The van der Waals surface area contributed by atoms with E-state index < -0.39 is 0 Å². The molecule has 7 heteroatoms. The Labute approximate surface area is 155 Å². The molecule has 1 heterocycles. The van der Waals surface area contributed by atoms with Crippen LogP contribution in [0.1, 0.15) is 24.9 Å². The van der Waals surface area contributed by atoms with E-state index in [1.807, 2.05) is 13.0 Å². The van der Waals surface area contributed by atoms with E-state index in [1.165, 1.54) is 0 Å². The van der Waals surface area contributed by atoms with Gasteiger partial charge in [-0.2, -0.15) is 0 Å². The monoisotopic (exact) mass is 382 g/mol. The lowest BCUT2D eigenvalue weighted by Crippen LogP contribution is -2.45. The first-order valence-corrected chi connectivity index (χ1v) is 7.57. The van der Waals surface area contributed by atoms with Crippen molar-refractivity contribution in [1.82, 2.24) is 10.2 Å². The van der Waals surface area contributed by atoms with Crippen LogP contribution in [-0.4, -0.2) is 43.3 Å². The molecule has 1 saturated heterocycles. The number of nitrogens with zero attached hydrogens (tertiary/aromatic N) is 1. The summed E-state index contributed by atoms with van der Waals surface area (Å²) in [7, 11) is 1.61. The van der Waals surface area contributed by atoms with Crippen LogP contribution in [0.15, 0.2) is 24.3 Å². The number of hydrogen-bond acceptors (Lipinski definition) is 4. The first-order chi connectivity index (χ1) is 10.0. The molecular weight excluding hydrogens is 359 g/mol. The summed E-state index contributed by atoms with van der Waals surface area (Å²) in [5.74, 6) is 0.780. The molecule has 0 saturated carbocycles. The first kappa shape index (κ1) is 22.4. The van der Waals surface area contributed by atoms with Gasteiger partial charge in [-0.05, 0) is 25.5 Å². The predicted octanol–water partition coefficient (Wildman–Crippen LogP) is 3.81. The van der Waals surface area contributed by atoms with E-state index >= 15 is 0 Å². The molecule has 2 N–H and O–H groups in total. The molecule has 1 aromatic carbocycles. The Balaban J connectivity index is 0.00000242. The van der Waals surface area contributed by atoms with Crippen molar-refractivity contribution < 1.29 is 9.84 Å². The molecular formula is C16H25Cl3N2O2. The highest BCUT2D eigenvalue weighted by Crippen LogP contribution is 2.43. The Bertz CT molecular complexity index is 520. The van der Waals surface area contributed by atoms with Crippen molar-refractivity contribution in [2.45, 2.75) is 19.4 Å². The van der Waals surface area contributed by atoms with Crippen LogP contribution < -0.4 is 10.1 Å². The minimum absolute atomic E-state index is 0. The molecule has 0 aromatic heterocycles. The van der Waals surface area contributed by atoms with Crippen molar-refractivity contribution in [3.63, 3.8) is 0 Å². The normalized spacial score (nSPS) is 16.0. The number of nitrogens with one attached hydrogen (secondary N) is 1. The minimum atomic E-state index is 0. The van der Waals surface area contributed by atoms with Gasteiger partial charge < -0.3 is 15.2 Å². The number of hydrogen-bond donors (Lipinski definition) is 2. The third-order valence-corrected chi connectivity index (χ3v) is 4.12. The van der Waals surface area contributed by atoms with Crippen molar-refractivity contribution in [3.05, 3.63) is 34.9 Å². The molecule has 0 amide bonds. The molecule has 1 aliphatic rings.